The number of aliphatic carboxylic acids is 1. The number of hydrogen-bond acceptors (Lipinski definition) is 6. The van der Waals surface area contributed by atoms with Gasteiger partial charge in [-0.1, -0.05) is 20.1 Å². The molecule has 0 N–H and O–H groups in total. The predicted octanol–water partition coefficient (Wildman–Crippen LogP) is -1.85. The predicted molar refractivity (Wildman–Crippen MR) is 78.5 cm³/mol. The number of carbonyl (C=O) groups is 3. The van der Waals surface area contributed by atoms with Crippen LogP contribution in [0, 0.1) is 5.41 Å². The molecule has 0 heterocycles. The van der Waals surface area contributed by atoms with Gasteiger partial charge in [0.05, 0.1) is 0 Å². The van der Waals surface area contributed by atoms with E-state index in [1.807, 2.05) is 0 Å². The molecule has 0 saturated carbocycles. The molecule has 6 nitrogen and oxygen atoms in total. The fourth-order valence-corrected chi connectivity index (χ4v) is 2.36. The van der Waals surface area contributed by atoms with Crippen LogP contribution in [0.4, 0.5) is 0 Å². The smallest absolute Gasteiger partial charge is 0.550 e. The van der Waals surface area contributed by atoms with Gasteiger partial charge in [0.25, 0.3) is 0 Å². The Morgan fingerprint density at radius 1 is 1.04 bits per heavy atom. The normalized spacial score (nSPS) is 15.1. The van der Waals surface area contributed by atoms with Crippen LogP contribution in [0.5, 0.6) is 0 Å². The molecular weight excluding hydrogens is 311 g/mol. The third-order valence-corrected chi connectivity index (χ3v) is 3.43. The van der Waals surface area contributed by atoms with Gasteiger partial charge in [-0.15, -0.1) is 0 Å². The maximum absolute atomic E-state index is 11.6. The molecule has 0 amide bonds. The summed E-state index contributed by atoms with van der Waals surface area (Å²) >= 11 is 0. The van der Waals surface area contributed by atoms with Crippen molar-refractivity contribution in [3.8, 4) is 0 Å². The molecule has 7 heteroatoms. The first-order valence-corrected chi connectivity index (χ1v) is 7.08. The summed E-state index contributed by atoms with van der Waals surface area (Å²) in [4.78, 5) is 34.0. The SMILES string of the molecule is C=CC(=O)OC(C)CC(CC)(CC(C)OC(=O)C=C)C(=O)[O-].[Na+]. The maximum Gasteiger partial charge on any atom is 1.00 e. The van der Waals surface area contributed by atoms with Crippen molar-refractivity contribution in [3.63, 3.8) is 0 Å². The van der Waals surface area contributed by atoms with Crippen LogP contribution >= 0.6 is 0 Å². The van der Waals surface area contributed by atoms with Gasteiger partial charge < -0.3 is 19.4 Å². The quantitative estimate of drug-likeness (QED) is 0.265. The Hall–Kier alpha value is -1.11. The van der Waals surface area contributed by atoms with E-state index in [9.17, 15) is 19.5 Å². The molecule has 0 aliphatic carbocycles. The molecule has 0 fully saturated rings. The summed E-state index contributed by atoms with van der Waals surface area (Å²) in [5.41, 5.74) is -1.26. The fourth-order valence-electron chi connectivity index (χ4n) is 2.36. The second kappa shape index (κ2) is 11.4. The van der Waals surface area contributed by atoms with Crippen molar-refractivity contribution in [3.05, 3.63) is 25.3 Å². The number of carboxylic acids is 1. The third kappa shape index (κ3) is 8.34. The van der Waals surface area contributed by atoms with Crippen LogP contribution in [-0.4, -0.2) is 30.1 Å². The van der Waals surface area contributed by atoms with Crippen LogP contribution in [0.15, 0.2) is 25.3 Å². The zero-order chi connectivity index (χ0) is 17.3. The van der Waals surface area contributed by atoms with E-state index in [0.717, 1.165) is 12.2 Å². The molecule has 0 aliphatic rings. The van der Waals surface area contributed by atoms with E-state index in [-0.39, 0.29) is 48.8 Å². The molecule has 0 aromatic rings. The summed E-state index contributed by atoms with van der Waals surface area (Å²) < 4.78 is 10.0. The van der Waals surface area contributed by atoms with Crippen molar-refractivity contribution < 1.29 is 58.5 Å². The Bertz CT molecular complexity index is 416. The Labute approximate surface area is 159 Å². The summed E-state index contributed by atoms with van der Waals surface area (Å²) in [7, 11) is 0. The summed E-state index contributed by atoms with van der Waals surface area (Å²) in [6.07, 6.45) is 1.12. The topological polar surface area (TPSA) is 92.7 Å². The second-order valence-corrected chi connectivity index (χ2v) is 5.23. The van der Waals surface area contributed by atoms with E-state index in [4.69, 9.17) is 9.47 Å². The average molecular weight is 334 g/mol. The fraction of sp³-hybridized carbons (Fsp3) is 0.562. The number of rotatable bonds is 10. The van der Waals surface area contributed by atoms with Gasteiger partial charge in [-0.3, -0.25) is 0 Å². The molecule has 0 aromatic heterocycles. The van der Waals surface area contributed by atoms with Gasteiger partial charge in [-0.25, -0.2) is 9.59 Å². The Kier molecular flexibility index (Phi) is 12.0. The zero-order valence-electron chi connectivity index (χ0n) is 14.3. The monoisotopic (exact) mass is 334 g/mol. The van der Waals surface area contributed by atoms with Gasteiger partial charge in [0.2, 0.25) is 0 Å². The van der Waals surface area contributed by atoms with Crippen molar-refractivity contribution in [1.29, 1.82) is 0 Å². The Balaban J connectivity index is 0. The number of carboxylic acid groups (broad SMARTS) is 1. The molecule has 0 aliphatic heterocycles. The van der Waals surface area contributed by atoms with Gasteiger partial charge in [-0.05, 0) is 33.1 Å². The standard InChI is InChI=1S/C16H24O6.Na/c1-6-13(17)21-11(4)9-16(8-3,15(19)20)10-12(5)22-14(18)7-2;/h6-7,11-12H,1-2,8-10H2,3-5H3,(H,19,20);/q;+1/p-1. The zero-order valence-corrected chi connectivity index (χ0v) is 16.3. The molecule has 2 unspecified atom stereocenters. The Morgan fingerprint density at radius 3 is 1.61 bits per heavy atom. The molecule has 23 heavy (non-hydrogen) atoms. The van der Waals surface area contributed by atoms with Gasteiger partial charge in [0, 0.05) is 23.5 Å². The van der Waals surface area contributed by atoms with Crippen molar-refractivity contribution in [2.75, 3.05) is 0 Å². The van der Waals surface area contributed by atoms with Crippen molar-refractivity contribution in [1.82, 2.24) is 0 Å². The number of hydrogen-bond donors (Lipinski definition) is 0. The van der Waals surface area contributed by atoms with E-state index in [1.54, 1.807) is 20.8 Å². The average Bonchev–Trinajstić information content (AvgIpc) is 2.45. The summed E-state index contributed by atoms with van der Waals surface area (Å²) in [6, 6.07) is 0. The van der Waals surface area contributed by atoms with Crippen LogP contribution in [0.1, 0.15) is 40.0 Å². The molecule has 0 spiro atoms. The first kappa shape index (κ1) is 24.1. The molecule has 0 aromatic carbocycles. The molecule has 0 radical (unpaired) electrons. The van der Waals surface area contributed by atoms with E-state index in [2.05, 4.69) is 13.2 Å². The summed E-state index contributed by atoms with van der Waals surface area (Å²) in [5.74, 6) is -2.51. The van der Waals surface area contributed by atoms with Crippen molar-refractivity contribution >= 4 is 17.9 Å². The molecule has 0 saturated heterocycles. The van der Waals surface area contributed by atoms with Crippen molar-refractivity contribution in [2.24, 2.45) is 5.41 Å². The van der Waals surface area contributed by atoms with Crippen LogP contribution < -0.4 is 34.7 Å². The summed E-state index contributed by atoms with van der Waals surface area (Å²) in [5, 5.41) is 11.6. The van der Waals surface area contributed by atoms with E-state index in [0.29, 0.717) is 0 Å². The third-order valence-electron chi connectivity index (χ3n) is 3.43. The molecule has 0 rings (SSSR count). The minimum absolute atomic E-state index is 0. The molecule has 0 bridgehead atoms. The second-order valence-electron chi connectivity index (χ2n) is 5.23. The number of ether oxygens (including phenoxy) is 2. The molecule has 2 atom stereocenters. The molecule has 124 valence electrons. The first-order chi connectivity index (χ1) is 10.2. The van der Waals surface area contributed by atoms with Crippen LogP contribution in [-0.2, 0) is 23.9 Å². The molecular formula is C16H23NaO6. The summed E-state index contributed by atoms with van der Waals surface area (Å²) in [6.45, 7) is 11.5. The van der Waals surface area contributed by atoms with Crippen LogP contribution in [0.25, 0.3) is 0 Å². The number of carbonyl (C=O) groups excluding carboxylic acids is 3. The minimum atomic E-state index is -1.27. The van der Waals surface area contributed by atoms with Crippen molar-refractivity contribution in [2.45, 2.75) is 52.2 Å². The van der Waals surface area contributed by atoms with E-state index >= 15 is 0 Å². The minimum Gasteiger partial charge on any atom is -0.550 e. The van der Waals surface area contributed by atoms with Crippen LogP contribution in [0.3, 0.4) is 0 Å². The number of esters is 2. The van der Waals surface area contributed by atoms with Gasteiger partial charge in [0.15, 0.2) is 0 Å². The largest absolute Gasteiger partial charge is 1.00 e. The van der Waals surface area contributed by atoms with Gasteiger partial charge >= 0.3 is 41.5 Å². The Morgan fingerprint density at radius 2 is 1.39 bits per heavy atom. The van der Waals surface area contributed by atoms with Gasteiger partial charge in [0.1, 0.15) is 12.2 Å². The van der Waals surface area contributed by atoms with Crippen LogP contribution in [0.2, 0.25) is 0 Å². The van der Waals surface area contributed by atoms with E-state index in [1.165, 1.54) is 0 Å². The van der Waals surface area contributed by atoms with E-state index < -0.39 is 35.5 Å². The first-order valence-electron chi connectivity index (χ1n) is 7.08. The van der Waals surface area contributed by atoms with Gasteiger partial charge in [-0.2, -0.15) is 0 Å². The maximum atomic E-state index is 11.6.